The van der Waals surface area contributed by atoms with Crippen LogP contribution in [-0.4, -0.2) is 24.2 Å². The minimum absolute atomic E-state index is 0.156. The fourth-order valence-electron chi connectivity index (χ4n) is 1.81. The normalized spacial score (nSPS) is 13.7. The molecule has 0 bridgehead atoms. The molecule has 106 valence electrons. The molecule has 20 heavy (non-hydrogen) atoms. The molecule has 1 aromatic heterocycles. The molecule has 2 rings (SSSR count). The van der Waals surface area contributed by atoms with Crippen molar-refractivity contribution in [3.8, 4) is 0 Å². The van der Waals surface area contributed by atoms with Crippen LogP contribution in [0.5, 0.6) is 0 Å². The molecule has 0 aliphatic rings. The number of hydrogen-bond acceptors (Lipinski definition) is 3. The van der Waals surface area contributed by atoms with Crippen LogP contribution >= 0.6 is 11.3 Å². The van der Waals surface area contributed by atoms with E-state index >= 15 is 0 Å². The van der Waals surface area contributed by atoms with Gasteiger partial charge in [-0.1, -0.05) is 24.3 Å². The van der Waals surface area contributed by atoms with E-state index in [1.165, 1.54) is 11.3 Å². The summed E-state index contributed by atoms with van der Waals surface area (Å²) < 4.78 is 1.12. The largest absolute Gasteiger partial charge is 0.383 e. The van der Waals surface area contributed by atoms with Gasteiger partial charge < -0.3 is 15.7 Å². The summed E-state index contributed by atoms with van der Waals surface area (Å²) in [6, 6.07) is 9.61. The van der Waals surface area contributed by atoms with Crippen molar-refractivity contribution in [2.75, 3.05) is 13.1 Å². The Bertz CT molecular complexity index is 586. The SMILES string of the molecule is C=CCNC(=O)NCC(C)(O)c1cc2ccccc2s1. The van der Waals surface area contributed by atoms with Gasteiger partial charge in [-0.15, -0.1) is 17.9 Å². The van der Waals surface area contributed by atoms with Crippen LogP contribution in [0, 0.1) is 0 Å². The lowest BCUT2D eigenvalue weighted by Crippen LogP contribution is -2.43. The van der Waals surface area contributed by atoms with E-state index in [1.807, 2.05) is 30.3 Å². The van der Waals surface area contributed by atoms with Crippen LogP contribution in [0.3, 0.4) is 0 Å². The summed E-state index contributed by atoms with van der Waals surface area (Å²) in [5.41, 5.74) is -1.09. The highest BCUT2D eigenvalue weighted by Crippen LogP contribution is 2.32. The Morgan fingerprint density at radius 1 is 1.45 bits per heavy atom. The lowest BCUT2D eigenvalue weighted by molar-refractivity contribution is 0.0632. The molecule has 1 atom stereocenters. The van der Waals surface area contributed by atoms with Gasteiger partial charge in [-0.05, 0) is 24.4 Å². The maximum absolute atomic E-state index is 11.5. The first-order chi connectivity index (χ1) is 9.53. The number of fused-ring (bicyclic) bond motifs is 1. The van der Waals surface area contributed by atoms with Gasteiger partial charge in [0.1, 0.15) is 5.60 Å². The van der Waals surface area contributed by atoms with Crippen molar-refractivity contribution in [2.24, 2.45) is 0 Å². The van der Waals surface area contributed by atoms with Gasteiger partial charge in [0.15, 0.2) is 0 Å². The van der Waals surface area contributed by atoms with E-state index in [0.29, 0.717) is 6.54 Å². The van der Waals surface area contributed by atoms with E-state index in [0.717, 1.165) is 15.0 Å². The molecule has 0 aliphatic heterocycles. The number of urea groups is 1. The molecule has 0 saturated carbocycles. The molecule has 0 aliphatic carbocycles. The maximum atomic E-state index is 11.5. The van der Waals surface area contributed by atoms with Gasteiger partial charge in [0.25, 0.3) is 0 Å². The Morgan fingerprint density at radius 3 is 2.90 bits per heavy atom. The fourth-order valence-corrected chi connectivity index (χ4v) is 2.92. The highest BCUT2D eigenvalue weighted by molar-refractivity contribution is 7.19. The van der Waals surface area contributed by atoms with E-state index in [4.69, 9.17) is 0 Å². The predicted molar refractivity (Wildman–Crippen MR) is 83.0 cm³/mol. The van der Waals surface area contributed by atoms with Crippen molar-refractivity contribution in [2.45, 2.75) is 12.5 Å². The van der Waals surface area contributed by atoms with Crippen LogP contribution in [-0.2, 0) is 5.60 Å². The summed E-state index contributed by atoms with van der Waals surface area (Å²) >= 11 is 1.54. The number of carbonyl (C=O) groups is 1. The van der Waals surface area contributed by atoms with Gasteiger partial charge in [-0.3, -0.25) is 0 Å². The fraction of sp³-hybridized carbons (Fsp3) is 0.267. The second-order valence-electron chi connectivity index (χ2n) is 4.77. The first kappa shape index (κ1) is 14.6. The third-order valence-electron chi connectivity index (χ3n) is 2.96. The Balaban J connectivity index is 2.05. The Labute approximate surface area is 122 Å². The zero-order valence-electron chi connectivity index (χ0n) is 11.3. The highest BCUT2D eigenvalue weighted by atomic mass is 32.1. The molecule has 2 aromatic rings. The first-order valence-electron chi connectivity index (χ1n) is 6.37. The first-order valence-corrected chi connectivity index (χ1v) is 7.18. The lowest BCUT2D eigenvalue weighted by atomic mass is 10.0. The van der Waals surface area contributed by atoms with Gasteiger partial charge in [0.2, 0.25) is 0 Å². The summed E-state index contributed by atoms with van der Waals surface area (Å²) in [7, 11) is 0. The van der Waals surface area contributed by atoms with Crippen molar-refractivity contribution in [3.05, 3.63) is 47.9 Å². The minimum atomic E-state index is -1.09. The molecule has 5 heteroatoms. The zero-order chi connectivity index (χ0) is 14.6. The highest BCUT2D eigenvalue weighted by Gasteiger charge is 2.26. The number of rotatable bonds is 5. The number of aliphatic hydroxyl groups is 1. The molecule has 3 N–H and O–H groups in total. The smallest absolute Gasteiger partial charge is 0.315 e. The molecule has 0 spiro atoms. The van der Waals surface area contributed by atoms with Crippen molar-refractivity contribution in [1.29, 1.82) is 0 Å². The molecule has 1 aromatic carbocycles. The van der Waals surface area contributed by atoms with Crippen LogP contribution in [0.4, 0.5) is 4.79 Å². The van der Waals surface area contributed by atoms with Crippen molar-refractivity contribution >= 4 is 27.5 Å². The van der Waals surface area contributed by atoms with Crippen LogP contribution in [0.2, 0.25) is 0 Å². The molecule has 0 radical (unpaired) electrons. The number of amides is 2. The van der Waals surface area contributed by atoms with Crippen LogP contribution in [0.15, 0.2) is 43.0 Å². The number of benzene rings is 1. The lowest BCUT2D eigenvalue weighted by Gasteiger charge is -2.22. The van der Waals surface area contributed by atoms with Gasteiger partial charge in [0, 0.05) is 16.1 Å². The summed E-state index contributed by atoms with van der Waals surface area (Å²) in [6.45, 7) is 5.78. The molecular weight excluding hydrogens is 272 g/mol. The van der Waals surface area contributed by atoms with Crippen molar-refractivity contribution in [1.82, 2.24) is 10.6 Å². The van der Waals surface area contributed by atoms with Gasteiger partial charge in [-0.25, -0.2) is 4.79 Å². The Kier molecular flexibility index (Phi) is 4.42. The predicted octanol–water partition coefficient (Wildman–Crippen LogP) is 2.59. The summed E-state index contributed by atoms with van der Waals surface area (Å²) in [5, 5.41) is 16.9. The number of thiophene rings is 1. The summed E-state index contributed by atoms with van der Waals surface area (Å²) in [6.07, 6.45) is 1.60. The maximum Gasteiger partial charge on any atom is 0.315 e. The zero-order valence-corrected chi connectivity index (χ0v) is 12.2. The average molecular weight is 290 g/mol. The van der Waals surface area contributed by atoms with Crippen molar-refractivity contribution < 1.29 is 9.90 Å². The molecular formula is C15H18N2O2S. The van der Waals surface area contributed by atoms with Crippen LogP contribution < -0.4 is 10.6 Å². The molecule has 0 fully saturated rings. The van der Waals surface area contributed by atoms with Crippen LogP contribution in [0.1, 0.15) is 11.8 Å². The van der Waals surface area contributed by atoms with E-state index in [1.54, 1.807) is 13.0 Å². The van der Waals surface area contributed by atoms with Crippen LogP contribution in [0.25, 0.3) is 10.1 Å². The third-order valence-corrected chi connectivity index (χ3v) is 4.33. The summed E-state index contributed by atoms with van der Waals surface area (Å²) in [5.74, 6) is 0. The van der Waals surface area contributed by atoms with E-state index < -0.39 is 5.60 Å². The van der Waals surface area contributed by atoms with Gasteiger partial charge in [0.05, 0.1) is 6.54 Å². The minimum Gasteiger partial charge on any atom is -0.383 e. The average Bonchev–Trinajstić information content (AvgIpc) is 2.87. The standard InChI is InChI=1S/C15H18N2O2S/c1-3-8-16-14(18)17-10-15(2,19)13-9-11-6-4-5-7-12(11)20-13/h3-7,9,19H,1,8,10H2,2H3,(H2,16,17,18). The topological polar surface area (TPSA) is 61.4 Å². The second-order valence-corrected chi connectivity index (χ2v) is 5.86. The molecule has 1 heterocycles. The molecule has 4 nitrogen and oxygen atoms in total. The quantitative estimate of drug-likeness (QED) is 0.741. The molecule has 0 saturated heterocycles. The van der Waals surface area contributed by atoms with Crippen molar-refractivity contribution in [3.63, 3.8) is 0 Å². The molecule has 1 unspecified atom stereocenters. The van der Waals surface area contributed by atoms with Gasteiger partial charge >= 0.3 is 6.03 Å². The monoisotopic (exact) mass is 290 g/mol. The number of nitrogens with one attached hydrogen (secondary N) is 2. The Morgan fingerprint density at radius 2 is 2.20 bits per heavy atom. The molecule has 2 amide bonds. The van der Waals surface area contributed by atoms with E-state index in [-0.39, 0.29) is 12.6 Å². The third kappa shape index (κ3) is 3.37. The van der Waals surface area contributed by atoms with Gasteiger partial charge in [-0.2, -0.15) is 0 Å². The number of carbonyl (C=O) groups excluding carboxylic acids is 1. The number of hydrogen-bond donors (Lipinski definition) is 3. The second kappa shape index (κ2) is 6.07. The summed E-state index contributed by atoms with van der Waals surface area (Å²) in [4.78, 5) is 12.3. The van der Waals surface area contributed by atoms with E-state index in [2.05, 4.69) is 17.2 Å². The Hall–Kier alpha value is -1.85. The van der Waals surface area contributed by atoms with E-state index in [9.17, 15) is 9.90 Å².